The lowest BCUT2D eigenvalue weighted by atomic mass is 10.00. The predicted octanol–water partition coefficient (Wildman–Crippen LogP) is 3.61. The molecule has 0 spiro atoms. The first kappa shape index (κ1) is 11.9. The van der Waals surface area contributed by atoms with Crippen molar-refractivity contribution in [1.82, 2.24) is 0 Å². The summed E-state index contributed by atoms with van der Waals surface area (Å²) >= 11 is 0. The third-order valence-corrected chi connectivity index (χ3v) is 2.41. The zero-order chi connectivity index (χ0) is 11.4. The molecule has 0 amide bonds. The number of ether oxygens (including phenoxy) is 1. The Labute approximate surface area is 91.9 Å². The molecule has 0 unspecified atom stereocenters. The Kier molecular flexibility index (Phi) is 4.01. The Bertz CT molecular complexity index is 330. The molecule has 0 atom stereocenters. The first-order valence-corrected chi connectivity index (χ1v) is 5.52. The van der Waals surface area contributed by atoms with Crippen molar-refractivity contribution in [2.75, 3.05) is 6.61 Å². The summed E-state index contributed by atoms with van der Waals surface area (Å²) in [7, 11) is 0. The van der Waals surface area contributed by atoms with Gasteiger partial charge in [-0.1, -0.05) is 20.8 Å². The van der Waals surface area contributed by atoms with Gasteiger partial charge in [0.05, 0.1) is 6.61 Å². The minimum Gasteiger partial charge on any atom is -0.508 e. The van der Waals surface area contributed by atoms with E-state index in [4.69, 9.17) is 4.74 Å². The number of aryl methyl sites for hydroxylation is 1. The molecule has 1 N–H and O–H groups in total. The standard InChI is InChI=1S/C13H20O2/c1-5-6-15-13-7-10(4)12(14)8-11(13)9(2)3/h7-9,14H,5-6H2,1-4H3. The van der Waals surface area contributed by atoms with Gasteiger partial charge < -0.3 is 9.84 Å². The predicted molar refractivity (Wildman–Crippen MR) is 62.7 cm³/mol. The van der Waals surface area contributed by atoms with Crippen LogP contribution in [0.5, 0.6) is 11.5 Å². The van der Waals surface area contributed by atoms with Crippen LogP contribution in [0.25, 0.3) is 0 Å². The van der Waals surface area contributed by atoms with Crippen molar-refractivity contribution in [3.8, 4) is 11.5 Å². The maximum absolute atomic E-state index is 9.64. The van der Waals surface area contributed by atoms with E-state index in [-0.39, 0.29) is 0 Å². The fraction of sp³-hybridized carbons (Fsp3) is 0.538. The lowest BCUT2D eigenvalue weighted by molar-refractivity contribution is 0.312. The monoisotopic (exact) mass is 208 g/mol. The van der Waals surface area contributed by atoms with Crippen LogP contribution in [-0.4, -0.2) is 11.7 Å². The van der Waals surface area contributed by atoms with Crippen molar-refractivity contribution in [2.24, 2.45) is 0 Å². The van der Waals surface area contributed by atoms with Gasteiger partial charge in [-0.3, -0.25) is 0 Å². The molecule has 0 aliphatic carbocycles. The largest absolute Gasteiger partial charge is 0.508 e. The molecule has 0 heterocycles. The van der Waals surface area contributed by atoms with Gasteiger partial charge in [0, 0.05) is 5.56 Å². The van der Waals surface area contributed by atoms with Crippen LogP contribution >= 0.6 is 0 Å². The molecule has 84 valence electrons. The Hall–Kier alpha value is -1.18. The molecule has 0 aromatic heterocycles. The highest BCUT2D eigenvalue weighted by atomic mass is 16.5. The average molecular weight is 208 g/mol. The molecule has 2 heteroatoms. The fourth-order valence-corrected chi connectivity index (χ4v) is 1.47. The SMILES string of the molecule is CCCOc1cc(C)c(O)cc1C(C)C. The molecule has 0 bridgehead atoms. The summed E-state index contributed by atoms with van der Waals surface area (Å²) < 4.78 is 5.67. The highest BCUT2D eigenvalue weighted by Crippen LogP contribution is 2.32. The third-order valence-electron chi connectivity index (χ3n) is 2.41. The first-order chi connectivity index (χ1) is 7.06. The van der Waals surface area contributed by atoms with Gasteiger partial charge in [0.25, 0.3) is 0 Å². The highest BCUT2D eigenvalue weighted by molar-refractivity contribution is 5.46. The molecular formula is C13H20O2. The van der Waals surface area contributed by atoms with Crippen LogP contribution in [0, 0.1) is 6.92 Å². The van der Waals surface area contributed by atoms with E-state index in [1.54, 1.807) is 0 Å². The smallest absolute Gasteiger partial charge is 0.123 e. The van der Waals surface area contributed by atoms with Crippen molar-refractivity contribution < 1.29 is 9.84 Å². The van der Waals surface area contributed by atoms with E-state index in [0.29, 0.717) is 11.7 Å². The van der Waals surface area contributed by atoms with Crippen molar-refractivity contribution in [3.63, 3.8) is 0 Å². The summed E-state index contributed by atoms with van der Waals surface area (Å²) in [4.78, 5) is 0. The van der Waals surface area contributed by atoms with E-state index in [0.717, 1.165) is 29.9 Å². The molecule has 2 nitrogen and oxygen atoms in total. The van der Waals surface area contributed by atoms with Gasteiger partial charge in [-0.25, -0.2) is 0 Å². The number of hydrogen-bond donors (Lipinski definition) is 1. The molecule has 1 aromatic rings. The summed E-state index contributed by atoms with van der Waals surface area (Å²) in [5.74, 6) is 1.62. The molecule has 15 heavy (non-hydrogen) atoms. The molecule has 1 rings (SSSR count). The van der Waals surface area contributed by atoms with E-state index in [1.165, 1.54) is 0 Å². The topological polar surface area (TPSA) is 29.5 Å². The van der Waals surface area contributed by atoms with Crippen molar-refractivity contribution in [2.45, 2.75) is 40.0 Å². The lowest BCUT2D eigenvalue weighted by Gasteiger charge is -2.15. The Morgan fingerprint density at radius 2 is 2.00 bits per heavy atom. The van der Waals surface area contributed by atoms with Crippen LogP contribution in [0.3, 0.4) is 0 Å². The Morgan fingerprint density at radius 1 is 1.33 bits per heavy atom. The van der Waals surface area contributed by atoms with Crippen LogP contribution in [0.15, 0.2) is 12.1 Å². The number of phenolic OH excluding ortho intramolecular Hbond substituents is 1. The second kappa shape index (κ2) is 5.06. The second-order valence-electron chi connectivity index (χ2n) is 4.18. The van der Waals surface area contributed by atoms with Crippen LogP contribution in [0.2, 0.25) is 0 Å². The van der Waals surface area contributed by atoms with Gasteiger partial charge in [0.2, 0.25) is 0 Å². The van der Waals surface area contributed by atoms with Gasteiger partial charge in [-0.15, -0.1) is 0 Å². The average Bonchev–Trinajstić information content (AvgIpc) is 2.19. The van der Waals surface area contributed by atoms with E-state index in [1.807, 2.05) is 19.1 Å². The molecular weight excluding hydrogens is 188 g/mol. The van der Waals surface area contributed by atoms with Crippen LogP contribution in [0.4, 0.5) is 0 Å². The Balaban J connectivity index is 3.04. The molecule has 0 saturated heterocycles. The molecule has 0 aliphatic heterocycles. The maximum atomic E-state index is 9.64. The summed E-state index contributed by atoms with van der Waals surface area (Å²) in [6.45, 7) is 8.90. The molecule has 0 fully saturated rings. The van der Waals surface area contributed by atoms with Crippen LogP contribution in [-0.2, 0) is 0 Å². The molecule has 0 saturated carbocycles. The van der Waals surface area contributed by atoms with E-state index in [2.05, 4.69) is 20.8 Å². The number of hydrogen-bond acceptors (Lipinski definition) is 2. The summed E-state index contributed by atoms with van der Waals surface area (Å²) in [5.41, 5.74) is 1.94. The van der Waals surface area contributed by atoms with Gasteiger partial charge in [0.15, 0.2) is 0 Å². The molecule has 0 radical (unpaired) electrons. The molecule has 1 aromatic carbocycles. The first-order valence-electron chi connectivity index (χ1n) is 5.52. The summed E-state index contributed by atoms with van der Waals surface area (Å²) in [5, 5.41) is 9.64. The summed E-state index contributed by atoms with van der Waals surface area (Å²) in [6.07, 6.45) is 0.997. The van der Waals surface area contributed by atoms with Crippen molar-refractivity contribution >= 4 is 0 Å². The second-order valence-corrected chi connectivity index (χ2v) is 4.18. The van der Waals surface area contributed by atoms with Gasteiger partial charge in [0.1, 0.15) is 11.5 Å². The van der Waals surface area contributed by atoms with Gasteiger partial charge in [-0.05, 0) is 37.0 Å². The Morgan fingerprint density at radius 3 is 2.53 bits per heavy atom. The fourth-order valence-electron chi connectivity index (χ4n) is 1.47. The van der Waals surface area contributed by atoms with Crippen molar-refractivity contribution in [3.05, 3.63) is 23.3 Å². The zero-order valence-corrected chi connectivity index (χ0v) is 10.0. The van der Waals surface area contributed by atoms with Gasteiger partial charge in [-0.2, -0.15) is 0 Å². The highest BCUT2D eigenvalue weighted by Gasteiger charge is 2.10. The quantitative estimate of drug-likeness (QED) is 0.819. The minimum atomic E-state index is 0.350. The zero-order valence-electron chi connectivity index (χ0n) is 10.0. The van der Waals surface area contributed by atoms with Gasteiger partial charge >= 0.3 is 0 Å². The minimum absolute atomic E-state index is 0.350. The number of aromatic hydroxyl groups is 1. The number of rotatable bonds is 4. The number of phenols is 1. The van der Waals surface area contributed by atoms with E-state index in [9.17, 15) is 5.11 Å². The third kappa shape index (κ3) is 2.88. The maximum Gasteiger partial charge on any atom is 0.123 e. The normalized spacial score (nSPS) is 10.7. The lowest BCUT2D eigenvalue weighted by Crippen LogP contribution is -2.00. The summed E-state index contributed by atoms with van der Waals surface area (Å²) in [6, 6.07) is 3.73. The molecule has 0 aliphatic rings. The van der Waals surface area contributed by atoms with E-state index >= 15 is 0 Å². The number of benzene rings is 1. The van der Waals surface area contributed by atoms with E-state index < -0.39 is 0 Å². The van der Waals surface area contributed by atoms with Crippen molar-refractivity contribution in [1.29, 1.82) is 0 Å². The van der Waals surface area contributed by atoms with Crippen LogP contribution in [0.1, 0.15) is 44.2 Å². The van der Waals surface area contributed by atoms with Crippen LogP contribution < -0.4 is 4.74 Å².